The van der Waals surface area contributed by atoms with E-state index in [-0.39, 0.29) is 17.4 Å². The second-order valence-electron chi connectivity index (χ2n) is 4.78. The lowest BCUT2D eigenvalue weighted by molar-refractivity contribution is 0.102. The number of carbonyl (C=O) groups is 1. The van der Waals surface area contributed by atoms with Crippen LogP contribution in [0.15, 0.2) is 65.7 Å². The van der Waals surface area contributed by atoms with Crippen LogP contribution in [0, 0.1) is 5.82 Å². The van der Waals surface area contributed by atoms with Crippen LogP contribution in [0.25, 0.3) is 5.69 Å². The van der Waals surface area contributed by atoms with Gasteiger partial charge in [0.1, 0.15) is 5.82 Å². The highest BCUT2D eigenvalue weighted by atomic mass is 32.2. The van der Waals surface area contributed by atoms with Gasteiger partial charge in [-0.25, -0.2) is 9.07 Å². The van der Waals surface area contributed by atoms with Crippen molar-refractivity contribution in [1.82, 2.24) is 9.78 Å². The highest BCUT2D eigenvalue weighted by Crippen LogP contribution is 2.25. The first-order chi connectivity index (χ1) is 11.2. The number of anilines is 1. The second-order valence-corrected chi connectivity index (χ2v) is 5.63. The van der Waals surface area contributed by atoms with Gasteiger partial charge < -0.3 is 5.32 Å². The van der Waals surface area contributed by atoms with Gasteiger partial charge in [-0.3, -0.25) is 4.79 Å². The maximum Gasteiger partial charge on any atom is 0.276 e. The number of amides is 1. The van der Waals surface area contributed by atoms with Gasteiger partial charge in [0.15, 0.2) is 5.69 Å². The summed E-state index contributed by atoms with van der Waals surface area (Å²) in [4.78, 5) is 13.3. The molecular weight excluding hydrogens is 313 g/mol. The number of halogens is 1. The molecule has 0 aliphatic rings. The summed E-state index contributed by atoms with van der Waals surface area (Å²) in [5.41, 5.74) is 1.57. The molecule has 4 nitrogen and oxygen atoms in total. The highest BCUT2D eigenvalue weighted by molar-refractivity contribution is 7.98. The summed E-state index contributed by atoms with van der Waals surface area (Å²) < 4.78 is 14.7. The van der Waals surface area contributed by atoms with Gasteiger partial charge in [0.25, 0.3) is 5.91 Å². The van der Waals surface area contributed by atoms with Crippen molar-refractivity contribution in [2.45, 2.75) is 4.90 Å². The van der Waals surface area contributed by atoms with Crippen LogP contribution < -0.4 is 5.32 Å². The SMILES string of the molecule is CSc1ccccc1NC(=O)c1ccn(-c2cccc(F)c2)n1. The molecule has 23 heavy (non-hydrogen) atoms. The van der Waals surface area contributed by atoms with Crippen LogP contribution in [0.3, 0.4) is 0 Å². The lowest BCUT2D eigenvalue weighted by Gasteiger charge is -2.07. The number of nitrogens with one attached hydrogen (secondary N) is 1. The molecule has 0 atom stereocenters. The van der Waals surface area contributed by atoms with Crippen LogP contribution in [0.5, 0.6) is 0 Å². The van der Waals surface area contributed by atoms with E-state index in [4.69, 9.17) is 0 Å². The Morgan fingerprint density at radius 2 is 2.00 bits per heavy atom. The second kappa shape index (κ2) is 6.66. The molecule has 2 aromatic carbocycles. The van der Waals surface area contributed by atoms with Crippen molar-refractivity contribution in [2.24, 2.45) is 0 Å². The largest absolute Gasteiger partial charge is 0.320 e. The molecule has 0 saturated heterocycles. The Balaban J connectivity index is 1.81. The average molecular weight is 327 g/mol. The van der Waals surface area contributed by atoms with E-state index in [1.54, 1.807) is 36.2 Å². The van der Waals surface area contributed by atoms with Gasteiger partial charge in [-0.1, -0.05) is 18.2 Å². The summed E-state index contributed by atoms with van der Waals surface area (Å²) in [5, 5.41) is 7.05. The Kier molecular flexibility index (Phi) is 4.43. The molecule has 1 heterocycles. The molecule has 0 radical (unpaired) electrons. The smallest absolute Gasteiger partial charge is 0.276 e. The van der Waals surface area contributed by atoms with E-state index in [2.05, 4.69) is 10.4 Å². The molecule has 3 aromatic rings. The van der Waals surface area contributed by atoms with E-state index in [9.17, 15) is 9.18 Å². The van der Waals surface area contributed by atoms with Gasteiger partial charge in [0.2, 0.25) is 0 Å². The predicted octanol–water partition coefficient (Wildman–Crippen LogP) is 3.99. The monoisotopic (exact) mass is 327 g/mol. The zero-order valence-electron chi connectivity index (χ0n) is 12.4. The number of para-hydroxylation sites is 1. The number of rotatable bonds is 4. The van der Waals surface area contributed by atoms with Crippen LogP contribution in [0.1, 0.15) is 10.5 Å². The molecule has 0 spiro atoms. The minimum absolute atomic E-state index is 0.269. The molecule has 3 rings (SSSR count). The van der Waals surface area contributed by atoms with Crippen LogP contribution in [0.2, 0.25) is 0 Å². The fourth-order valence-electron chi connectivity index (χ4n) is 2.14. The summed E-state index contributed by atoms with van der Waals surface area (Å²) in [7, 11) is 0. The van der Waals surface area contributed by atoms with Crippen LogP contribution in [-0.2, 0) is 0 Å². The number of carbonyl (C=O) groups excluding carboxylic acids is 1. The van der Waals surface area contributed by atoms with Crippen LogP contribution in [-0.4, -0.2) is 21.9 Å². The molecule has 0 aliphatic carbocycles. The Morgan fingerprint density at radius 3 is 2.78 bits per heavy atom. The Bertz CT molecular complexity index is 847. The van der Waals surface area contributed by atoms with Crippen LogP contribution >= 0.6 is 11.8 Å². The molecule has 0 unspecified atom stereocenters. The molecule has 116 valence electrons. The standard InChI is InChI=1S/C17H14FN3OS/c1-23-16-8-3-2-7-14(16)19-17(22)15-9-10-21(20-15)13-6-4-5-12(18)11-13/h2-11H,1H3,(H,19,22). The summed E-state index contributed by atoms with van der Waals surface area (Å²) in [6, 6.07) is 15.2. The van der Waals surface area contributed by atoms with E-state index < -0.39 is 0 Å². The van der Waals surface area contributed by atoms with Crippen molar-refractivity contribution in [2.75, 3.05) is 11.6 Å². The summed E-state index contributed by atoms with van der Waals surface area (Å²) >= 11 is 1.55. The van der Waals surface area contributed by atoms with Crippen molar-refractivity contribution in [1.29, 1.82) is 0 Å². The molecular formula is C17H14FN3OS. The van der Waals surface area contributed by atoms with Gasteiger partial charge in [0, 0.05) is 11.1 Å². The van der Waals surface area contributed by atoms with E-state index in [0.717, 1.165) is 10.6 Å². The van der Waals surface area contributed by atoms with Crippen LogP contribution in [0.4, 0.5) is 10.1 Å². The van der Waals surface area contributed by atoms with E-state index in [1.165, 1.54) is 16.8 Å². The maximum atomic E-state index is 13.3. The number of thioether (sulfide) groups is 1. The normalized spacial score (nSPS) is 10.5. The lowest BCUT2D eigenvalue weighted by atomic mass is 10.3. The number of benzene rings is 2. The van der Waals surface area contributed by atoms with Gasteiger partial charge in [-0.15, -0.1) is 11.8 Å². The molecule has 6 heteroatoms. The minimum Gasteiger partial charge on any atom is -0.320 e. The number of hydrogen-bond acceptors (Lipinski definition) is 3. The van der Waals surface area contributed by atoms with Gasteiger partial charge in [0.05, 0.1) is 11.4 Å². The van der Waals surface area contributed by atoms with E-state index >= 15 is 0 Å². The number of hydrogen-bond donors (Lipinski definition) is 1. The first-order valence-electron chi connectivity index (χ1n) is 6.93. The van der Waals surface area contributed by atoms with Crippen molar-refractivity contribution < 1.29 is 9.18 Å². The van der Waals surface area contributed by atoms with Gasteiger partial charge in [-0.2, -0.15) is 5.10 Å². The summed E-state index contributed by atoms with van der Waals surface area (Å²) in [6.07, 6.45) is 3.58. The molecule has 1 aromatic heterocycles. The van der Waals surface area contributed by atoms with E-state index in [1.807, 2.05) is 30.5 Å². The zero-order chi connectivity index (χ0) is 16.2. The van der Waals surface area contributed by atoms with Crippen molar-refractivity contribution in [3.63, 3.8) is 0 Å². The average Bonchev–Trinajstić information content (AvgIpc) is 3.05. The Morgan fingerprint density at radius 1 is 1.17 bits per heavy atom. The van der Waals surface area contributed by atoms with Crippen molar-refractivity contribution in [3.8, 4) is 5.69 Å². The molecule has 0 saturated carbocycles. The topological polar surface area (TPSA) is 46.9 Å². The van der Waals surface area contributed by atoms with Crippen molar-refractivity contribution >= 4 is 23.4 Å². The molecule has 0 aliphatic heterocycles. The first kappa shape index (κ1) is 15.3. The molecule has 1 amide bonds. The summed E-state index contributed by atoms with van der Waals surface area (Å²) in [6.45, 7) is 0. The maximum absolute atomic E-state index is 13.3. The fraction of sp³-hybridized carbons (Fsp3) is 0.0588. The predicted molar refractivity (Wildman–Crippen MR) is 89.7 cm³/mol. The first-order valence-corrected chi connectivity index (χ1v) is 8.16. The molecule has 0 bridgehead atoms. The van der Waals surface area contributed by atoms with Gasteiger partial charge >= 0.3 is 0 Å². The Hall–Kier alpha value is -2.60. The third kappa shape index (κ3) is 3.43. The number of nitrogens with zero attached hydrogens (tertiary/aromatic N) is 2. The minimum atomic E-state index is -0.349. The third-order valence-corrected chi connectivity index (χ3v) is 4.05. The highest BCUT2D eigenvalue weighted by Gasteiger charge is 2.12. The fourth-order valence-corrected chi connectivity index (χ4v) is 2.70. The summed E-state index contributed by atoms with van der Waals surface area (Å²) in [5.74, 6) is -0.653. The van der Waals surface area contributed by atoms with Gasteiger partial charge in [-0.05, 0) is 42.7 Å². The molecule has 0 fully saturated rings. The third-order valence-electron chi connectivity index (χ3n) is 3.25. The number of aromatic nitrogens is 2. The zero-order valence-corrected chi connectivity index (χ0v) is 13.2. The molecule has 1 N–H and O–H groups in total. The van der Waals surface area contributed by atoms with E-state index in [0.29, 0.717) is 5.69 Å². The van der Waals surface area contributed by atoms with Crippen molar-refractivity contribution in [3.05, 3.63) is 72.3 Å². The lowest BCUT2D eigenvalue weighted by Crippen LogP contribution is -2.13. The quantitative estimate of drug-likeness (QED) is 0.737. The Labute approximate surface area is 137 Å².